The Morgan fingerprint density at radius 3 is 2.85 bits per heavy atom. The summed E-state index contributed by atoms with van der Waals surface area (Å²) in [5.41, 5.74) is 8.13. The van der Waals surface area contributed by atoms with Gasteiger partial charge in [0.15, 0.2) is 5.58 Å². The lowest BCUT2D eigenvalue weighted by Crippen LogP contribution is -2.16. The molecule has 6 heteroatoms. The molecule has 0 bridgehead atoms. The molecule has 2 unspecified atom stereocenters. The zero-order chi connectivity index (χ0) is 14.9. The van der Waals surface area contributed by atoms with E-state index in [1.54, 1.807) is 19.2 Å². The van der Waals surface area contributed by atoms with Crippen LogP contribution in [-0.2, 0) is 11.8 Å². The number of aliphatic carboxylic acids is 1. The standard InChI is InChI=1S/C14H18N2O4/c1-8(6-13(17)18)5-10(15)9-3-4-11-12(7-9)20-14(19)16(11)2/h3-4,7-8,10H,5-6,15H2,1-2H3,(H,17,18). The Morgan fingerprint density at radius 1 is 1.50 bits per heavy atom. The number of oxazole rings is 1. The molecule has 2 aromatic rings. The van der Waals surface area contributed by atoms with Crippen molar-refractivity contribution in [2.45, 2.75) is 25.8 Å². The van der Waals surface area contributed by atoms with E-state index in [9.17, 15) is 9.59 Å². The van der Waals surface area contributed by atoms with Gasteiger partial charge in [-0.2, -0.15) is 0 Å². The van der Waals surface area contributed by atoms with Crippen LogP contribution in [0.2, 0.25) is 0 Å². The van der Waals surface area contributed by atoms with Gasteiger partial charge in [-0.3, -0.25) is 9.36 Å². The van der Waals surface area contributed by atoms with Gasteiger partial charge < -0.3 is 15.3 Å². The Morgan fingerprint density at radius 2 is 2.20 bits per heavy atom. The SMILES string of the molecule is CC(CC(=O)O)CC(N)c1ccc2c(c1)oc(=O)n2C. The molecular formula is C14H18N2O4. The lowest BCUT2D eigenvalue weighted by Gasteiger charge is -2.16. The number of hydrogen-bond acceptors (Lipinski definition) is 4. The van der Waals surface area contributed by atoms with Gasteiger partial charge in [0.1, 0.15) is 0 Å². The Bertz CT molecular complexity index is 686. The molecule has 0 fully saturated rings. The van der Waals surface area contributed by atoms with E-state index in [1.165, 1.54) is 4.57 Å². The van der Waals surface area contributed by atoms with Gasteiger partial charge >= 0.3 is 11.7 Å². The number of carboxylic acids is 1. The second kappa shape index (κ2) is 5.50. The van der Waals surface area contributed by atoms with Crippen LogP contribution in [-0.4, -0.2) is 15.6 Å². The normalized spacial score (nSPS) is 14.3. The third-order valence-corrected chi connectivity index (χ3v) is 3.42. The van der Waals surface area contributed by atoms with Crippen molar-refractivity contribution in [3.05, 3.63) is 34.3 Å². The zero-order valence-electron chi connectivity index (χ0n) is 11.5. The van der Waals surface area contributed by atoms with Crippen molar-refractivity contribution < 1.29 is 14.3 Å². The molecule has 2 rings (SSSR count). The first kappa shape index (κ1) is 14.3. The first-order chi connectivity index (χ1) is 9.38. The van der Waals surface area contributed by atoms with Crippen LogP contribution in [0, 0.1) is 5.92 Å². The molecular weight excluding hydrogens is 260 g/mol. The van der Waals surface area contributed by atoms with Crippen molar-refractivity contribution in [2.24, 2.45) is 18.7 Å². The molecule has 0 radical (unpaired) electrons. The molecule has 1 aromatic heterocycles. The van der Waals surface area contributed by atoms with E-state index in [0.29, 0.717) is 17.5 Å². The fourth-order valence-corrected chi connectivity index (χ4v) is 2.33. The van der Waals surface area contributed by atoms with E-state index in [-0.39, 0.29) is 18.4 Å². The molecule has 0 saturated heterocycles. The lowest BCUT2D eigenvalue weighted by atomic mass is 9.94. The highest BCUT2D eigenvalue weighted by molar-refractivity contribution is 5.73. The number of aryl methyl sites for hydroxylation is 1. The molecule has 6 nitrogen and oxygen atoms in total. The summed E-state index contributed by atoms with van der Waals surface area (Å²) in [7, 11) is 1.64. The quantitative estimate of drug-likeness (QED) is 0.866. The van der Waals surface area contributed by atoms with E-state index in [1.807, 2.05) is 13.0 Å². The number of carboxylic acid groups (broad SMARTS) is 1. The highest BCUT2D eigenvalue weighted by Crippen LogP contribution is 2.24. The maximum atomic E-state index is 11.4. The van der Waals surface area contributed by atoms with E-state index in [2.05, 4.69) is 0 Å². The van der Waals surface area contributed by atoms with Crippen molar-refractivity contribution in [1.29, 1.82) is 0 Å². The fourth-order valence-electron chi connectivity index (χ4n) is 2.33. The molecule has 20 heavy (non-hydrogen) atoms. The van der Waals surface area contributed by atoms with Gasteiger partial charge in [-0.05, 0) is 30.0 Å². The average Bonchev–Trinajstić information content (AvgIpc) is 2.63. The van der Waals surface area contributed by atoms with Gasteiger partial charge in [0.2, 0.25) is 0 Å². The molecule has 0 saturated carbocycles. The summed E-state index contributed by atoms with van der Waals surface area (Å²) < 4.78 is 6.55. The predicted molar refractivity (Wildman–Crippen MR) is 74.4 cm³/mol. The molecule has 1 heterocycles. The van der Waals surface area contributed by atoms with Crippen LogP contribution in [0.15, 0.2) is 27.4 Å². The number of nitrogens with zero attached hydrogens (tertiary/aromatic N) is 1. The molecule has 0 aliphatic heterocycles. The number of nitrogens with two attached hydrogens (primary N) is 1. The van der Waals surface area contributed by atoms with Crippen molar-refractivity contribution in [2.75, 3.05) is 0 Å². The second-order valence-electron chi connectivity index (χ2n) is 5.20. The third-order valence-electron chi connectivity index (χ3n) is 3.42. The lowest BCUT2D eigenvalue weighted by molar-refractivity contribution is -0.138. The molecule has 0 amide bonds. The molecule has 0 aliphatic carbocycles. The number of hydrogen-bond donors (Lipinski definition) is 2. The van der Waals surface area contributed by atoms with E-state index >= 15 is 0 Å². The van der Waals surface area contributed by atoms with Crippen LogP contribution in [0.25, 0.3) is 11.1 Å². The number of rotatable bonds is 5. The minimum Gasteiger partial charge on any atom is -0.481 e. The zero-order valence-corrected chi connectivity index (χ0v) is 11.5. The van der Waals surface area contributed by atoms with Crippen LogP contribution in [0.4, 0.5) is 0 Å². The van der Waals surface area contributed by atoms with Crippen LogP contribution >= 0.6 is 0 Å². The highest BCUT2D eigenvalue weighted by atomic mass is 16.4. The van der Waals surface area contributed by atoms with Crippen molar-refractivity contribution >= 4 is 17.1 Å². The fraction of sp³-hybridized carbons (Fsp3) is 0.429. The molecule has 108 valence electrons. The summed E-state index contributed by atoms with van der Waals surface area (Å²) in [6.45, 7) is 1.86. The van der Waals surface area contributed by atoms with Crippen molar-refractivity contribution in [3.63, 3.8) is 0 Å². The first-order valence-corrected chi connectivity index (χ1v) is 6.45. The molecule has 2 atom stereocenters. The summed E-state index contributed by atoms with van der Waals surface area (Å²) >= 11 is 0. The monoisotopic (exact) mass is 278 g/mol. The maximum absolute atomic E-state index is 11.4. The van der Waals surface area contributed by atoms with Crippen LogP contribution in [0.1, 0.15) is 31.4 Å². The summed E-state index contributed by atoms with van der Waals surface area (Å²) in [6.07, 6.45) is 0.658. The van der Waals surface area contributed by atoms with Gasteiger partial charge in [0, 0.05) is 19.5 Å². The smallest absolute Gasteiger partial charge is 0.419 e. The highest BCUT2D eigenvalue weighted by Gasteiger charge is 2.15. The predicted octanol–water partition coefficient (Wildman–Crippen LogP) is 1.63. The minimum atomic E-state index is -0.825. The molecule has 0 spiro atoms. The number of carbonyl (C=O) groups is 1. The maximum Gasteiger partial charge on any atom is 0.419 e. The van der Waals surface area contributed by atoms with Gasteiger partial charge in [0.25, 0.3) is 0 Å². The second-order valence-corrected chi connectivity index (χ2v) is 5.20. The van der Waals surface area contributed by atoms with Gasteiger partial charge in [0.05, 0.1) is 5.52 Å². The van der Waals surface area contributed by atoms with E-state index < -0.39 is 11.7 Å². The van der Waals surface area contributed by atoms with Crippen molar-refractivity contribution in [1.82, 2.24) is 4.57 Å². The van der Waals surface area contributed by atoms with Crippen LogP contribution in [0.5, 0.6) is 0 Å². The topological polar surface area (TPSA) is 98.5 Å². The van der Waals surface area contributed by atoms with Crippen LogP contribution < -0.4 is 11.5 Å². The van der Waals surface area contributed by atoms with Gasteiger partial charge in [-0.15, -0.1) is 0 Å². The number of fused-ring (bicyclic) bond motifs is 1. The number of aromatic nitrogens is 1. The Hall–Kier alpha value is -2.08. The average molecular weight is 278 g/mol. The first-order valence-electron chi connectivity index (χ1n) is 6.45. The van der Waals surface area contributed by atoms with Crippen molar-refractivity contribution in [3.8, 4) is 0 Å². The molecule has 0 aliphatic rings. The largest absolute Gasteiger partial charge is 0.481 e. The number of benzene rings is 1. The summed E-state index contributed by atoms with van der Waals surface area (Å²) in [5, 5.41) is 8.75. The van der Waals surface area contributed by atoms with Gasteiger partial charge in [-0.1, -0.05) is 13.0 Å². The Kier molecular flexibility index (Phi) is 3.94. The minimum absolute atomic E-state index is 0.0130. The Balaban J connectivity index is 2.20. The Labute approximate surface area is 115 Å². The summed E-state index contributed by atoms with van der Waals surface area (Å²) in [5.74, 6) is -1.25. The third kappa shape index (κ3) is 2.91. The van der Waals surface area contributed by atoms with E-state index in [4.69, 9.17) is 15.3 Å². The van der Waals surface area contributed by atoms with Gasteiger partial charge in [-0.25, -0.2) is 4.79 Å². The summed E-state index contributed by atoms with van der Waals surface area (Å²) in [6, 6.07) is 5.10. The van der Waals surface area contributed by atoms with Crippen LogP contribution in [0.3, 0.4) is 0 Å². The summed E-state index contributed by atoms with van der Waals surface area (Å²) in [4.78, 5) is 22.1. The molecule has 3 N–H and O–H groups in total. The molecule has 1 aromatic carbocycles. The van der Waals surface area contributed by atoms with E-state index in [0.717, 1.165) is 5.56 Å².